The lowest BCUT2D eigenvalue weighted by molar-refractivity contribution is -0.0268. The van der Waals surface area contributed by atoms with Gasteiger partial charge in [-0.3, -0.25) is 0 Å². The van der Waals surface area contributed by atoms with Gasteiger partial charge >= 0.3 is 0 Å². The Hall–Kier alpha value is -0.260. The van der Waals surface area contributed by atoms with Gasteiger partial charge in [-0.1, -0.05) is 13.8 Å². The molecule has 0 heterocycles. The average molecular weight is 382 g/mol. The van der Waals surface area contributed by atoms with Crippen LogP contribution in [0.3, 0.4) is 0 Å². The summed E-state index contributed by atoms with van der Waals surface area (Å²) in [5, 5.41) is 10.1. The third-order valence-corrected chi connectivity index (χ3v) is 4.21. The van der Waals surface area contributed by atoms with Crippen molar-refractivity contribution in [3.05, 3.63) is 21.1 Å². The first kappa shape index (κ1) is 15.8. The van der Waals surface area contributed by atoms with Crippen molar-refractivity contribution in [1.29, 1.82) is 0 Å². The number of hydrogen-bond acceptors (Lipinski definition) is 3. The molecule has 3 nitrogen and oxygen atoms in total. The van der Waals surface area contributed by atoms with E-state index in [0.717, 1.165) is 14.7 Å². The predicted octanol–water partition coefficient (Wildman–Crippen LogP) is 4.01. The second-order valence-electron chi connectivity index (χ2n) is 4.72. The molecule has 5 heteroatoms. The molecule has 1 aromatic carbocycles. The highest BCUT2D eigenvalue weighted by Gasteiger charge is 2.26. The quantitative estimate of drug-likeness (QED) is 0.837. The first-order chi connectivity index (χ1) is 8.27. The molecule has 0 aliphatic rings. The monoisotopic (exact) mass is 380 g/mol. The van der Waals surface area contributed by atoms with Gasteiger partial charge in [-0.15, -0.1) is 0 Å². The fourth-order valence-corrected chi connectivity index (χ4v) is 2.09. The number of ether oxygens (including phenoxy) is 2. The van der Waals surface area contributed by atoms with Crippen LogP contribution < -0.4 is 9.47 Å². The third kappa shape index (κ3) is 3.87. The van der Waals surface area contributed by atoms with E-state index in [4.69, 9.17) is 9.47 Å². The van der Waals surface area contributed by atoms with Crippen LogP contribution in [0.25, 0.3) is 0 Å². The van der Waals surface area contributed by atoms with Gasteiger partial charge in [0.05, 0.1) is 21.7 Å². The smallest absolute Gasteiger partial charge is 0.135 e. The lowest BCUT2D eigenvalue weighted by Crippen LogP contribution is -2.37. The maximum Gasteiger partial charge on any atom is 0.135 e. The number of methoxy groups -OCH3 is 1. The van der Waals surface area contributed by atoms with Gasteiger partial charge in [0.15, 0.2) is 0 Å². The van der Waals surface area contributed by atoms with Crippen molar-refractivity contribution >= 4 is 31.9 Å². The second-order valence-corrected chi connectivity index (χ2v) is 6.43. The molecule has 0 saturated carbocycles. The van der Waals surface area contributed by atoms with Crippen LogP contribution in [0.1, 0.15) is 20.8 Å². The number of halogens is 2. The van der Waals surface area contributed by atoms with Gasteiger partial charge in [-0.25, -0.2) is 0 Å². The molecule has 1 aromatic rings. The fraction of sp³-hybridized carbons (Fsp3) is 0.538. The Morgan fingerprint density at radius 3 is 2.22 bits per heavy atom. The standard InChI is InChI=1S/C13H18Br2O3/c1-8(2)13(3,16)7-18-12-6-9(14)11(17-4)5-10(12)15/h5-6,8,16H,7H2,1-4H3. The van der Waals surface area contributed by atoms with Crippen LogP contribution in [0.4, 0.5) is 0 Å². The second kappa shape index (κ2) is 6.26. The molecule has 1 N–H and O–H groups in total. The normalized spacial score (nSPS) is 14.4. The third-order valence-electron chi connectivity index (χ3n) is 2.97. The van der Waals surface area contributed by atoms with E-state index in [2.05, 4.69) is 31.9 Å². The molecule has 1 unspecified atom stereocenters. The molecule has 0 amide bonds. The molecule has 0 aliphatic heterocycles. The highest BCUT2D eigenvalue weighted by Crippen LogP contribution is 2.36. The maximum atomic E-state index is 10.1. The Labute approximate surface area is 125 Å². The summed E-state index contributed by atoms with van der Waals surface area (Å²) in [4.78, 5) is 0. The summed E-state index contributed by atoms with van der Waals surface area (Å²) < 4.78 is 12.4. The summed E-state index contributed by atoms with van der Waals surface area (Å²) >= 11 is 6.82. The Bertz CT molecular complexity index is 417. The van der Waals surface area contributed by atoms with E-state index in [-0.39, 0.29) is 12.5 Å². The van der Waals surface area contributed by atoms with Crippen LogP contribution in [0.2, 0.25) is 0 Å². The lowest BCUT2D eigenvalue weighted by Gasteiger charge is -2.27. The molecule has 0 saturated heterocycles. The van der Waals surface area contributed by atoms with Crippen LogP contribution in [0.5, 0.6) is 11.5 Å². The van der Waals surface area contributed by atoms with Crippen molar-refractivity contribution in [2.45, 2.75) is 26.4 Å². The Kier molecular flexibility index (Phi) is 5.49. The van der Waals surface area contributed by atoms with Crippen molar-refractivity contribution in [3.63, 3.8) is 0 Å². The minimum Gasteiger partial charge on any atom is -0.496 e. The van der Waals surface area contributed by atoms with Crippen molar-refractivity contribution in [3.8, 4) is 11.5 Å². The molecule has 0 aliphatic carbocycles. The molecular weight excluding hydrogens is 364 g/mol. The van der Waals surface area contributed by atoms with E-state index in [9.17, 15) is 5.11 Å². The number of rotatable bonds is 5. The molecule has 0 aromatic heterocycles. The predicted molar refractivity (Wildman–Crippen MR) is 79.4 cm³/mol. The van der Waals surface area contributed by atoms with Crippen molar-refractivity contribution < 1.29 is 14.6 Å². The zero-order valence-electron chi connectivity index (χ0n) is 11.0. The molecule has 1 atom stereocenters. The van der Waals surface area contributed by atoms with Gasteiger partial charge in [0.25, 0.3) is 0 Å². The Morgan fingerprint density at radius 1 is 1.22 bits per heavy atom. The van der Waals surface area contributed by atoms with E-state index >= 15 is 0 Å². The summed E-state index contributed by atoms with van der Waals surface area (Å²) in [6.07, 6.45) is 0. The molecule has 0 radical (unpaired) electrons. The SMILES string of the molecule is COc1cc(Br)c(OCC(C)(O)C(C)C)cc1Br. The van der Waals surface area contributed by atoms with Gasteiger partial charge in [0.2, 0.25) is 0 Å². The number of hydrogen-bond donors (Lipinski definition) is 1. The fourth-order valence-electron chi connectivity index (χ4n) is 1.17. The minimum absolute atomic E-state index is 0.123. The summed E-state index contributed by atoms with van der Waals surface area (Å²) in [6.45, 7) is 5.93. The lowest BCUT2D eigenvalue weighted by atomic mass is 9.94. The zero-order valence-corrected chi connectivity index (χ0v) is 14.1. The molecular formula is C13H18Br2O3. The molecule has 0 bridgehead atoms. The molecule has 18 heavy (non-hydrogen) atoms. The summed E-state index contributed by atoms with van der Waals surface area (Å²) in [5.74, 6) is 1.52. The van der Waals surface area contributed by atoms with E-state index < -0.39 is 5.60 Å². The average Bonchev–Trinajstić information content (AvgIpc) is 2.29. The van der Waals surface area contributed by atoms with E-state index in [1.165, 1.54) is 0 Å². The molecule has 0 spiro atoms. The van der Waals surface area contributed by atoms with Gasteiger partial charge < -0.3 is 14.6 Å². The first-order valence-electron chi connectivity index (χ1n) is 5.66. The first-order valence-corrected chi connectivity index (χ1v) is 7.24. The number of benzene rings is 1. The van der Waals surface area contributed by atoms with E-state index in [0.29, 0.717) is 5.75 Å². The Morgan fingerprint density at radius 2 is 1.72 bits per heavy atom. The highest BCUT2D eigenvalue weighted by molar-refractivity contribution is 9.11. The van der Waals surface area contributed by atoms with Gasteiger partial charge in [0.1, 0.15) is 18.1 Å². The zero-order chi connectivity index (χ0) is 13.9. The summed E-state index contributed by atoms with van der Waals surface area (Å²) in [5.41, 5.74) is -0.855. The molecule has 102 valence electrons. The van der Waals surface area contributed by atoms with Crippen molar-refractivity contribution in [2.75, 3.05) is 13.7 Å². The van der Waals surface area contributed by atoms with Gasteiger partial charge in [-0.05, 0) is 56.8 Å². The number of aliphatic hydroxyl groups is 1. The highest BCUT2D eigenvalue weighted by atomic mass is 79.9. The summed E-state index contributed by atoms with van der Waals surface area (Å²) in [6, 6.07) is 3.64. The van der Waals surface area contributed by atoms with E-state index in [1.807, 2.05) is 26.0 Å². The van der Waals surface area contributed by atoms with Crippen LogP contribution in [-0.2, 0) is 0 Å². The molecule has 1 rings (SSSR count). The van der Waals surface area contributed by atoms with Gasteiger partial charge in [0, 0.05) is 0 Å². The minimum atomic E-state index is -0.855. The Balaban J connectivity index is 2.83. The molecule has 0 fully saturated rings. The largest absolute Gasteiger partial charge is 0.496 e. The van der Waals surface area contributed by atoms with Crippen LogP contribution in [0, 0.1) is 5.92 Å². The van der Waals surface area contributed by atoms with Crippen molar-refractivity contribution in [2.24, 2.45) is 5.92 Å². The van der Waals surface area contributed by atoms with Crippen LogP contribution in [0.15, 0.2) is 21.1 Å². The van der Waals surface area contributed by atoms with Crippen molar-refractivity contribution in [1.82, 2.24) is 0 Å². The van der Waals surface area contributed by atoms with E-state index in [1.54, 1.807) is 14.0 Å². The van der Waals surface area contributed by atoms with Crippen LogP contribution in [-0.4, -0.2) is 24.4 Å². The van der Waals surface area contributed by atoms with Gasteiger partial charge in [-0.2, -0.15) is 0 Å². The van der Waals surface area contributed by atoms with Crippen LogP contribution >= 0.6 is 31.9 Å². The topological polar surface area (TPSA) is 38.7 Å². The maximum absolute atomic E-state index is 10.1. The summed E-state index contributed by atoms with van der Waals surface area (Å²) in [7, 11) is 1.61.